The van der Waals surface area contributed by atoms with Crippen molar-refractivity contribution in [3.8, 4) is 0 Å². The van der Waals surface area contributed by atoms with Crippen LogP contribution in [0.4, 0.5) is 13.2 Å². The third-order valence-electron chi connectivity index (χ3n) is 2.69. The third kappa shape index (κ3) is 6.23. The molecule has 0 amide bonds. The van der Waals surface area contributed by atoms with Crippen LogP contribution in [0.2, 0.25) is 0 Å². The summed E-state index contributed by atoms with van der Waals surface area (Å²) >= 11 is 0. The zero-order valence-corrected chi connectivity index (χ0v) is 11.2. The minimum absolute atomic E-state index is 0.314. The van der Waals surface area contributed by atoms with Gasteiger partial charge >= 0.3 is 12.1 Å². The molecule has 0 radical (unpaired) electrons. The fourth-order valence-electron chi connectivity index (χ4n) is 1.04. The van der Waals surface area contributed by atoms with E-state index in [1.807, 2.05) is 0 Å². The van der Waals surface area contributed by atoms with E-state index in [-0.39, 0.29) is 6.10 Å². The Morgan fingerprint density at radius 1 is 1.11 bits per heavy atom. The van der Waals surface area contributed by atoms with Gasteiger partial charge in [0.05, 0.1) is 18.8 Å². The molecule has 0 saturated heterocycles. The molecule has 0 spiro atoms. The smallest absolute Gasteiger partial charge is 0.404 e. The summed E-state index contributed by atoms with van der Waals surface area (Å²) in [5.41, 5.74) is 0. The zero-order valence-electron chi connectivity index (χ0n) is 11.2. The number of esters is 1. The lowest BCUT2D eigenvalue weighted by atomic mass is 10.1. The highest BCUT2D eigenvalue weighted by molar-refractivity contribution is 5.73. The number of halogens is 3. The highest BCUT2D eigenvalue weighted by atomic mass is 19.4. The first-order valence-electron chi connectivity index (χ1n) is 6.11. The van der Waals surface area contributed by atoms with Gasteiger partial charge < -0.3 is 9.47 Å². The van der Waals surface area contributed by atoms with Gasteiger partial charge in [-0.3, -0.25) is 4.79 Å². The normalized spacial score (nSPS) is 17.1. The molecule has 0 aliphatic heterocycles. The van der Waals surface area contributed by atoms with Gasteiger partial charge in [0.1, 0.15) is 0 Å². The molecule has 0 aliphatic carbocycles. The van der Waals surface area contributed by atoms with Crippen LogP contribution in [0.15, 0.2) is 0 Å². The number of carbonyl (C=O) groups excluding carboxylic acids is 1. The van der Waals surface area contributed by atoms with Crippen LogP contribution < -0.4 is 0 Å². The summed E-state index contributed by atoms with van der Waals surface area (Å²) in [6.07, 6.45) is -4.41. The van der Waals surface area contributed by atoms with Crippen molar-refractivity contribution >= 4 is 5.97 Å². The van der Waals surface area contributed by atoms with Crippen molar-refractivity contribution < 1.29 is 27.4 Å². The Bertz CT molecular complexity index is 253. The second kappa shape index (κ2) is 7.61. The predicted octanol–water partition coefficient (Wildman–Crippen LogP) is 3.32. The lowest BCUT2D eigenvalue weighted by Gasteiger charge is -2.22. The van der Waals surface area contributed by atoms with Crippen molar-refractivity contribution in [3.63, 3.8) is 0 Å². The van der Waals surface area contributed by atoms with Gasteiger partial charge in [0, 0.05) is 0 Å². The maximum absolute atomic E-state index is 12.7. The molecule has 0 rings (SSSR count). The van der Waals surface area contributed by atoms with Crippen LogP contribution in [-0.4, -0.2) is 31.0 Å². The molecular weight excluding hydrogens is 249 g/mol. The Labute approximate surface area is 106 Å². The second-order valence-electron chi connectivity index (χ2n) is 4.30. The summed E-state index contributed by atoms with van der Waals surface area (Å²) in [5.74, 6) is -3.47. The average Bonchev–Trinajstić information content (AvgIpc) is 2.26. The lowest BCUT2D eigenvalue weighted by molar-refractivity contribution is -0.211. The van der Waals surface area contributed by atoms with Crippen molar-refractivity contribution in [2.75, 3.05) is 6.61 Å². The molecule has 0 aromatic heterocycles. The van der Waals surface area contributed by atoms with Crippen molar-refractivity contribution in [1.29, 1.82) is 0 Å². The largest absolute Gasteiger partial charge is 0.462 e. The van der Waals surface area contributed by atoms with Gasteiger partial charge in [-0.2, -0.15) is 13.2 Å². The van der Waals surface area contributed by atoms with Gasteiger partial charge in [-0.25, -0.2) is 0 Å². The molecule has 3 nitrogen and oxygen atoms in total. The number of alkyl halides is 3. The van der Waals surface area contributed by atoms with E-state index in [4.69, 9.17) is 9.47 Å². The van der Waals surface area contributed by atoms with Crippen molar-refractivity contribution in [1.82, 2.24) is 0 Å². The molecule has 0 saturated carbocycles. The summed E-state index contributed by atoms with van der Waals surface area (Å²) in [5, 5.41) is 0. The minimum atomic E-state index is -4.64. The van der Waals surface area contributed by atoms with Crippen LogP contribution in [0.5, 0.6) is 0 Å². The third-order valence-corrected chi connectivity index (χ3v) is 2.69. The monoisotopic (exact) mass is 270 g/mol. The molecule has 108 valence electrons. The Hall–Kier alpha value is -0.780. The topological polar surface area (TPSA) is 35.5 Å². The Kier molecular flexibility index (Phi) is 7.28. The molecule has 0 aromatic carbocycles. The Morgan fingerprint density at radius 2 is 1.61 bits per heavy atom. The number of ether oxygens (including phenoxy) is 2. The van der Waals surface area contributed by atoms with Gasteiger partial charge in [0.25, 0.3) is 0 Å². The van der Waals surface area contributed by atoms with E-state index in [0.717, 1.165) is 0 Å². The molecule has 0 bridgehead atoms. The SMILES string of the molecule is CCC(C)OCC(C(=O)OC(C)CC)C(F)(F)F. The van der Waals surface area contributed by atoms with Gasteiger partial charge in [-0.15, -0.1) is 0 Å². The van der Waals surface area contributed by atoms with Crippen LogP contribution in [0.1, 0.15) is 40.5 Å². The van der Waals surface area contributed by atoms with E-state index >= 15 is 0 Å². The summed E-state index contributed by atoms with van der Waals surface area (Å²) in [4.78, 5) is 11.4. The van der Waals surface area contributed by atoms with Crippen molar-refractivity contribution in [2.45, 2.75) is 58.9 Å². The number of hydrogen-bond acceptors (Lipinski definition) is 3. The van der Waals surface area contributed by atoms with Gasteiger partial charge in [-0.1, -0.05) is 13.8 Å². The van der Waals surface area contributed by atoms with Crippen molar-refractivity contribution in [2.24, 2.45) is 5.92 Å². The molecule has 0 N–H and O–H groups in total. The van der Waals surface area contributed by atoms with E-state index in [1.54, 1.807) is 27.7 Å². The molecule has 0 heterocycles. The van der Waals surface area contributed by atoms with E-state index in [9.17, 15) is 18.0 Å². The minimum Gasteiger partial charge on any atom is -0.462 e. The van der Waals surface area contributed by atoms with Crippen LogP contribution in [0.3, 0.4) is 0 Å². The zero-order chi connectivity index (χ0) is 14.3. The standard InChI is InChI=1S/C12H21F3O3/c1-5-8(3)17-7-10(12(13,14)15)11(16)18-9(4)6-2/h8-10H,5-7H2,1-4H3. The van der Waals surface area contributed by atoms with Gasteiger partial charge in [-0.05, 0) is 26.7 Å². The first-order chi connectivity index (χ1) is 8.22. The van der Waals surface area contributed by atoms with Crippen LogP contribution >= 0.6 is 0 Å². The summed E-state index contributed by atoms with van der Waals surface area (Å²) < 4.78 is 47.8. The van der Waals surface area contributed by atoms with Crippen LogP contribution in [-0.2, 0) is 14.3 Å². The summed E-state index contributed by atoms with van der Waals surface area (Å²) in [6.45, 7) is 6.06. The molecule has 6 heteroatoms. The molecule has 18 heavy (non-hydrogen) atoms. The second-order valence-corrected chi connectivity index (χ2v) is 4.30. The number of rotatable bonds is 7. The summed E-state index contributed by atoms with van der Waals surface area (Å²) in [7, 11) is 0. The fraction of sp³-hybridized carbons (Fsp3) is 0.917. The fourth-order valence-corrected chi connectivity index (χ4v) is 1.04. The van der Waals surface area contributed by atoms with Gasteiger partial charge in [0.2, 0.25) is 0 Å². The van der Waals surface area contributed by atoms with E-state index < -0.39 is 30.8 Å². The summed E-state index contributed by atoms with van der Waals surface area (Å²) in [6, 6.07) is 0. The molecule has 3 atom stereocenters. The Morgan fingerprint density at radius 3 is 2.00 bits per heavy atom. The highest BCUT2D eigenvalue weighted by Crippen LogP contribution is 2.28. The highest BCUT2D eigenvalue weighted by Gasteiger charge is 2.46. The first kappa shape index (κ1) is 17.2. The van der Waals surface area contributed by atoms with Crippen LogP contribution in [0.25, 0.3) is 0 Å². The number of carbonyl (C=O) groups is 1. The lowest BCUT2D eigenvalue weighted by Crippen LogP contribution is -2.38. The first-order valence-corrected chi connectivity index (χ1v) is 6.11. The van der Waals surface area contributed by atoms with Gasteiger partial charge in [0.15, 0.2) is 5.92 Å². The van der Waals surface area contributed by atoms with E-state index in [0.29, 0.717) is 12.8 Å². The maximum atomic E-state index is 12.7. The molecule has 0 aromatic rings. The van der Waals surface area contributed by atoms with Crippen LogP contribution in [0, 0.1) is 5.92 Å². The maximum Gasteiger partial charge on any atom is 0.404 e. The quantitative estimate of drug-likeness (QED) is 0.666. The molecule has 0 fully saturated rings. The van der Waals surface area contributed by atoms with E-state index in [2.05, 4.69) is 0 Å². The Balaban J connectivity index is 4.54. The van der Waals surface area contributed by atoms with E-state index in [1.165, 1.54) is 0 Å². The molecule has 0 aliphatic rings. The predicted molar refractivity (Wildman–Crippen MR) is 61.1 cm³/mol. The number of hydrogen-bond donors (Lipinski definition) is 0. The average molecular weight is 270 g/mol. The van der Waals surface area contributed by atoms with Crippen molar-refractivity contribution in [3.05, 3.63) is 0 Å². The molecular formula is C12H21F3O3. The molecule has 3 unspecified atom stereocenters.